The smallest absolute Gasteiger partial charge is 0.216 e. The van der Waals surface area contributed by atoms with Gasteiger partial charge in [0.05, 0.1) is 12.3 Å². The van der Waals surface area contributed by atoms with Gasteiger partial charge in [0.25, 0.3) is 0 Å². The SMILES string of the molecule is CC(O)CCc1n[nH]c(=S)n1/N=C/c1ccccc1. The minimum atomic E-state index is -0.364. The minimum absolute atomic E-state index is 0.364. The molecule has 2 N–H and O–H groups in total. The molecule has 0 bridgehead atoms. The second-order valence-corrected chi connectivity index (χ2v) is 4.69. The normalized spacial score (nSPS) is 12.9. The van der Waals surface area contributed by atoms with E-state index >= 15 is 0 Å². The van der Waals surface area contributed by atoms with Crippen LogP contribution in [0.25, 0.3) is 0 Å². The highest BCUT2D eigenvalue weighted by Gasteiger charge is 2.06. The van der Waals surface area contributed by atoms with Gasteiger partial charge < -0.3 is 5.11 Å². The van der Waals surface area contributed by atoms with Gasteiger partial charge in [-0.3, -0.25) is 5.10 Å². The first kappa shape index (κ1) is 13.6. The topological polar surface area (TPSA) is 66.2 Å². The van der Waals surface area contributed by atoms with Crippen LogP contribution in [0.1, 0.15) is 24.7 Å². The van der Waals surface area contributed by atoms with Crippen molar-refractivity contribution in [2.24, 2.45) is 5.10 Å². The molecule has 0 saturated heterocycles. The molecule has 0 fully saturated rings. The third-order valence-electron chi connectivity index (χ3n) is 2.63. The molecule has 0 spiro atoms. The number of hydrogen-bond acceptors (Lipinski definition) is 4. The van der Waals surface area contributed by atoms with Gasteiger partial charge in [-0.25, -0.2) is 0 Å². The van der Waals surface area contributed by atoms with Crippen molar-refractivity contribution in [1.29, 1.82) is 0 Å². The molecular weight excluding hydrogens is 260 g/mol. The summed E-state index contributed by atoms with van der Waals surface area (Å²) in [4.78, 5) is 0. The number of benzene rings is 1. The van der Waals surface area contributed by atoms with Gasteiger partial charge in [-0.1, -0.05) is 30.3 Å². The highest BCUT2D eigenvalue weighted by atomic mass is 32.1. The lowest BCUT2D eigenvalue weighted by atomic mass is 10.2. The van der Waals surface area contributed by atoms with Crippen molar-refractivity contribution in [2.75, 3.05) is 0 Å². The minimum Gasteiger partial charge on any atom is -0.393 e. The molecule has 1 aromatic carbocycles. The molecule has 1 atom stereocenters. The van der Waals surface area contributed by atoms with Crippen LogP contribution < -0.4 is 0 Å². The Morgan fingerprint density at radius 3 is 2.89 bits per heavy atom. The Bertz CT molecular complexity index is 601. The molecule has 0 aliphatic heterocycles. The van der Waals surface area contributed by atoms with Gasteiger partial charge >= 0.3 is 0 Å². The van der Waals surface area contributed by atoms with Gasteiger partial charge in [-0.15, -0.1) is 0 Å². The zero-order valence-corrected chi connectivity index (χ0v) is 11.5. The molecule has 0 saturated carbocycles. The second-order valence-electron chi connectivity index (χ2n) is 4.30. The van der Waals surface area contributed by atoms with Crippen molar-refractivity contribution in [3.8, 4) is 0 Å². The molecule has 0 radical (unpaired) electrons. The van der Waals surface area contributed by atoms with E-state index in [0.717, 1.165) is 11.4 Å². The summed E-state index contributed by atoms with van der Waals surface area (Å²) >= 11 is 5.14. The number of hydrogen-bond donors (Lipinski definition) is 2. The van der Waals surface area contributed by atoms with Crippen LogP contribution in [0, 0.1) is 4.77 Å². The Morgan fingerprint density at radius 1 is 1.47 bits per heavy atom. The maximum atomic E-state index is 9.31. The number of aromatic nitrogens is 3. The summed E-state index contributed by atoms with van der Waals surface area (Å²) in [7, 11) is 0. The molecule has 1 aromatic heterocycles. The Morgan fingerprint density at radius 2 is 2.21 bits per heavy atom. The molecule has 2 aromatic rings. The Hall–Kier alpha value is -1.79. The summed E-state index contributed by atoms with van der Waals surface area (Å²) in [6.07, 6.45) is 2.62. The lowest BCUT2D eigenvalue weighted by molar-refractivity contribution is 0.184. The summed E-state index contributed by atoms with van der Waals surface area (Å²) < 4.78 is 2.04. The van der Waals surface area contributed by atoms with Crippen molar-refractivity contribution in [3.63, 3.8) is 0 Å². The predicted molar refractivity (Wildman–Crippen MR) is 76.8 cm³/mol. The summed E-state index contributed by atoms with van der Waals surface area (Å²) in [5.74, 6) is 0.720. The number of rotatable bonds is 5. The second kappa shape index (κ2) is 6.40. The first-order valence-corrected chi connectivity index (χ1v) is 6.51. The molecule has 1 unspecified atom stereocenters. The molecule has 5 nitrogen and oxygen atoms in total. The fraction of sp³-hybridized carbons (Fsp3) is 0.308. The van der Waals surface area contributed by atoms with Crippen molar-refractivity contribution in [1.82, 2.24) is 14.9 Å². The molecule has 1 heterocycles. The maximum absolute atomic E-state index is 9.31. The quantitative estimate of drug-likeness (QED) is 0.649. The monoisotopic (exact) mass is 276 g/mol. The van der Waals surface area contributed by atoms with Crippen LogP contribution in [-0.2, 0) is 6.42 Å². The van der Waals surface area contributed by atoms with Crippen molar-refractivity contribution in [3.05, 3.63) is 46.5 Å². The number of aliphatic hydroxyl groups is 1. The molecule has 0 aliphatic rings. The van der Waals surface area contributed by atoms with E-state index in [2.05, 4.69) is 15.3 Å². The van der Waals surface area contributed by atoms with Crippen LogP contribution in [0.3, 0.4) is 0 Å². The lowest BCUT2D eigenvalue weighted by Crippen LogP contribution is -2.05. The van der Waals surface area contributed by atoms with Crippen molar-refractivity contribution >= 4 is 18.4 Å². The lowest BCUT2D eigenvalue weighted by Gasteiger charge is -2.03. The summed E-state index contributed by atoms with van der Waals surface area (Å²) in [5.41, 5.74) is 0.993. The molecular formula is C13H16N4OS. The number of aliphatic hydroxyl groups excluding tert-OH is 1. The van der Waals surface area contributed by atoms with Gasteiger partial charge in [0.2, 0.25) is 4.77 Å². The average Bonchev–Trinajstić information content (AvgIpc) is 2.76. The Labute approximate surface area is 116 Å². The molecule has 6 heteroatoms. The highest BCUT2D eigenvalue weighted by molar-refractivity contribution is 7.71. The molecule has 19 heavy (non-hydrogen) atoms. The Kier molecular flexibility index (Phi) is 4.59. The maximum Gasteiger partial charge on any atom is 0.216 e. The number of nitrogens with zero attached hydrogens (tertiary/aromatic N) is 3. The Balaban J connectivity index is 2.18. The van der Waals surface area contributed by atoms with Gasteiger partial charge in [0.15, 0.2) is 5.82 Å². The summed E-state index contributed by atoms with van der Waals surface area (Å²) in [5, 5.41) is 20.5. The standard InChI is InChI=1S/C13H16N4OS/c1-10(18)7-8-12-15-16-13(19)17(12)14-9-11-5-3-2-4-6-11/h2-6,9-10,18H,7-8H2,1H3,(H,16,19)/b14-9+. The first-order valence-electron chi connectivity index (χ1n) is 6.10. The van der Waals surface area contributed by atoms with E-state index in [4.69, 9.17) is 12.2 Å². The number of aromatic amines is 1. The zero-order valence-electron chi connectivity index (χ0n) is 10.7. The van der Waals surface area contributed by atoms with Crippen LogP contribution in [0.2, 0.25) is 0 Å². The van der Waals surface area contributed by atoms with E-state index in [9.17, 15) is 5.11 Å². The molecule has 0 aliphatic carbocycles. The average molecular weight is 276 g/mol. The fourth-order valence-electron chi connectivity index (χ4n) is 1.61. The fourth-order valence-corrected chi connectivity index (χ4v) is 1.80. The van der Waals surface area contributed by atoms with E-state index in [0.29, 0.717) is 17.6 Å². The van der Waals surface area contributed by atoms with Crippen molar-refractivity contribution in [2.45, 2.75) is 25.9 Å². The van der Waals surface area contributed by atoms with Crippen LogP contribution in [0.5, 0.6) is 0 Å². The predicted octanol–water partition coefficient (Wildman–Crippen LogP) is 2.14. The van der Waals surface area contributed by atoms with Crippen LogP contribution >= 0.6 is 12.2 Å². The largest absolute Gasteiger partial charge is 0.393 e. The van der Waals surface area contributed by atoms with Crippen LogP contribution in [0.15, 0.2) is 35.4 Å². The van der Waals surface area contributed by atoms with Gasteiger partial charge in [-0.05, 0) is 31.1 Å². The van der Waals surface area contributed by atoms with E-state index in [1.54, 1.807) is 17.8 Å². The summed E-state index contributed by atoms with van der Waals surface area (Å²) in [6, 6.07) is 9.77. The number of nitrogens with one attached hydrogen (secondary N) is 1. The van der Waals surface area contributed by atoms with Gasteiger partial charge in [0, 0.05) is 6.42 Å². The van der Waals surface area contributed by atoms with Gasteiger partial charge in [0.1, 0.15) is 0 Å². The van der Waals surface area contributed by atoms with Crippen LogP contribution in [-0.4, -0.2) is 32.3 Å². The zero-order chi connectivity index (χ0) is 13.7. The first-order chi connectivity index (χ1) is 9.16. The highest BCUT2D eigenvalue weighted by Crippen LogP contribution is 2.04. The van der Waals surface area contributed by atoms with E-state index in [1.165, 1.54) is 0 Å². The van der Waals surface area contributed by atoms with Crippen molar-refractivity contribution < 1.29 is 5.11 Å². The molecule has 100 valence electrons. The van der Waals surface area contributed by atoms with E-state index in [1.807, 2.05) is 30.3 Å². The van der Waals surface area contributed by atoms with E-state index < -0.39 is 0 Å². The van der Waals surface area contributed by atoms with Gasteiger partial charge in [-0.2, -0.15) is 14.9 Å². The number of H-pyrrole nitrogens is 1. The third-order valence-corrected chi connectivity index (χ3v) is 2.89. The third kappa shape index (κ3) is 3.84. The molecule has 0 amide bonds. The van der Waals surface area contributed by atoms with E-state index in [-0.39, 0.29) is 6.10 Å². The van der Waals surface area contributed by atoms with Crippen LogP contribution in [0.4, 0.5) is 0 Å². The summed E-state index contributed by atoms with van der Waals surface area (Å²) in [6.45, 7) is 1.75. The number of aryl methyl sites for hydroxylation is 1. The molecule has 2 rings (SSSR count).